The monoisotopic (exact) mass is 371 g/mol. The summed E-state index contributed by atoms with van der Waals surface area (Å²) in [5.74, 6) is 1.16. The maximum Gasteiger partial charge on any atom is 0.336 e. The van der Waals surface area contributed by atoms with Crippen LogP contribution in [0, 0.1) is 0 Å². The second-order valence-electron chi connectivity index (χ2n) is 6.05. The van der Waals surface area contributed by atoms with Crippen molar-refractivity contribution < 1.29 is 18.7 Å². The van der Waals surface area contributed by atoms with Gasteiger partial charge in [-0.05, 0) is 48.0 Å². The number of carbonyl (C=O) groups is 1. The number of methoxy groups -OCH3 is 1. The van der Waals surface area contributed by atoms with Crippen molar-refractivity contribution in [2.24, 2.45) is 0 Å². The van der Waals surface area contributed by atoms with Crippen LogP contribution in [0.5, 0.6) is 11.5 Å². The minimum absolute atomic E-state index is 0.392. The van der Waals surface area contributed by atoms with Gasteiger partial charge in [0.05, 0.1) is 7.11 Å². The van der Waals surface area contributed by atoms with E-state index in [0.717, 1.165) is 16.9 Å². The van der Waals surface area contributed by atoms with Crippen molar-refractivity contribution in [1.29, 1.82) is 0 Å². The molecule has 4 rings (SSSR count). The van der Waals surface area contributed by atoms with Crippen LogP contribution in [0.3, 0.4) is 0 Å². The van der Waals surface area contributed by atoms with Crippen molar-refractivity contribution in [3.63, 3.8) is 0 Å². The molecule has 5 nitrogen and oxygen atoms in total. The van der Waals surface area contributed by atoms with E-state index in [9.17, 15) is 4.79 Å². The summed E-state index contributed by atoms with van der Waals surface area (Å²) in [5, 5.41) is 0. The molecule has 0 saturated heterocycles. The van der Waals surface area contributed by atoms with Crippen LogP contribution >= 0.6 is 0 Å². The Morgan fingerprint density at radius 2 is 1.82 bits per heavy atom. The SMILES string of the molecule is COc1cccc(/C=C/C(=O)Oc2ccc3nc(-c4ccccc4)oc3c2)c1. The Labute approximate surface area is 161 Å². The quantitative estimate of drug-likeness (QED) is 0.277. The van der Waals surface area contributed by atoms with Crippen LogP contribution in [-0.4, -0.2) is 18.1 Å². The molecule has 0 saturated carbocycles. The lowest BCUT2D eigenvalue weighted by Gasteiger charge is -2.01. The van der Waals surface area contributed by atoms with E-state index >= 15 is 0 Å². The molecule has 3 aromatic carbocycles. The van der Waals surface area contributed by atoms with Crippen molar-refractivity contribution in [3.8, 4) is 23.0 Å². The standard InChI is InChI=1S/C23H17NO4/c1-26-18-9-5-6-16(14-18)10-13-22(25)27-19-11-12-20-21(15-19)28-23(24-20)17-7-3-2-4-8-17/h2-15H,1H3/b13-10+. The second-order valence-corrected chi connectivity index (χ2v) is 6.05. The van der Waals surface area contributed by atoms with E-state index in [4.69, 9.17) is 13.9 Å². The van der Waals surface area contributed by atoms with E-state index in [1.165, 1.54) is 6.08 Å². The first kappa shape index (κ1) is 17.5. The molecule has 0 aliphatic heterocycles. The molecule has 0 N–H and O–H groups in total. The van der Waals surface area contributed by atoms with Crippen LogP contribution in [0.2, 0.25) is 0 Å². The summed E-state index contributed by atoms with van der Waals surface area (Å²) in [6.45, 7) is 0. The van der Waals surface area contributed by atoms with Crippen LogP contribution in [0.1, 0.15) is 5.56 Å². The first-order chi connectivity index (χ1) is 13.7. The molecule has 1 aromatic heterocycles. The van der Waals surface area contributed by atoms with Crippen LogP contribution in [0.15, 0.2) is 83.3 Å². The zero-order chi connectivity index (χ0) is 19.3. The molecule has 0 bridgehead atoms. The zero-order valence-corrected chi connectivity index (χ0v) is 15.2. The second kappa shape index (κ2) is 7.80. The van der Waals surface area contributed by atoms with Gasteiger partial charge in [-0.3, -0.25) is 0 Å². The van der Waals surface area contributed by atoms with Crippen LogP contribution in [-0.2, 0) is 4.79 Å². The molecule has 0 atom stereocenters. The number of fused-ring (bicyclic) bond motifs is 1. The topological polar surface area (TPSA) is 61.6 Å². The van der Waals surface area contributed by atoms with Crippen molar-refractivity contribution in [2.75, 3.05) is 7.11 Å². The number of esters is 1. The molecule has 5 heteroatoms. The number of benzene rings is 3. The molecule has 0 aliphatic carbocycles. The number of ether oxygens (including phenoxy) is 2. The van der Waals surface area contributed by atoms with E-state index < -0.39 is 5.97 Å². The van der Waals surface area contributed by atoms with Gasteiger partial charge in [0, 0.05) is 17.7 Å². The van der Waals surface area contributed by atoms with E-state index in [1.54, 1.807) is 31.4 Å². The minimum atomic E-state index is -0.482. The first-order valence-corrected chi connectivity index (χ1v) is 8.71. The molecule has 1 heterocycles. The Morgan fingerprint density at radius 1 is 0.964 bits per heavy atom. The molecule has 0 radical (unpaired) electrons. The minimum Gasteiger partial charge on any atom is -0.497 e. The molecular formula is C23H17NO4. The molecule has 4 aromatic rings. The van der Waals surface area contributed by atoms with Gasteiger partial charge < -0.3 is 13.9 Å². The van der Waals surface area contributed by atoms with Crippen LogP contribution in [0.4, 0.5) is 0 Å². The van der Waals surface area contributed by atoms with Gasteiger partial charge in [-0.2, -0.15) is 0 Å². The third-order valence-corrected chi connectivity index (χ3v) is 4.10. The molecule has 0 spiro atoms. The maximum atomic E-state index is 12.1. The van der Waals surface area contributed by atoms with E-state index in [2.05, 4.69) is 4.98 Å². The number of rotatable bonds is 5. The Hall–Kier alpha value is -3.86. The highest BCUT2D eigenvalue weighted by Gasteiger charge is 2.10. The summed E-state index contributed by atoms with van der Waals surface area (Å²) in [6.07, 6.45) is 3.04. The van der Waals surface area contributed by atoms with Crippen LogP contribution < -0.4 is 9.47 Å². The van der Waals surface area contributed by atoms with Gasteiger partial charge >= 0.3 is 5.97 Å². The Morgan fingerprint density at radius 3 is 2.64 bits per heavy atom. The molecule has 138 valence electrons. The summed E-state index contributed by atoms with van der Waals surface area (Å²) in [5.41, 5.74) is 2.99. The average molecular weight is 371 g/mol. The third kappa shape index (κ3) is 3.94. The van der Waals surface area contributed by atoms with E-state index in [1.807, 2.05) is 54.6 Å². The van der Waals surface area contributed by atoms with Gasteiger partial charge in [-0.15, -0.1) is 0 Å². The number of carbonyl (C=O) groups excluding carboxylic acids is 1. The fourth-order valence-electron chi connectivity index (χ4n) is 2.73. The van der Waals surface area contributed by atoms with Crippen molar-refractivity contribution >= 4 is 23.1 Å². The molecule has 0 amide bonds. The van der Waals surface area contributed by atoms with E-state index in [0.29, 0.717) is 22.7 Å². The molecular weight excluding hydrogens is 354 g/mol. The maximum absolute atomic E-state index is 12.1. The van der Waals surface area contributed by atoms with Gasteiger partial charge in [0.2, 0.25) is 5.89 Å². The molecule has 0 aliphatic rings. The summed E-state index contributed by atoms with van der Waals surface area (Å²) < 4.78 is 16.3. The van der Waals surface area contributed by atoms with Gasteiger partial charge in [-0.25, -0.2) is 9.78 Å². The molecule has 0 unspecified atom stereocenters. The largest absolute Gasteiger partial charge is 0.497 e. The number of nitrogens with zero attached hydrogens (tertiary/aromatic N) is 1. The average Bonchev–Trinajstić information content (AvgIpc) is 3.16. The predicted molar refractivity (Wildman–Crippen MR) is 107 cm³/mol. The third-order valence-electron chi connectivity index (χ3n) is 4.10. The fourth-order valence-corrected chi connectivity index (χ4v) is 2.73. The van der Waals surface area contributed by atoms with Gasteiger partial charge in [-0.1, -0.05) is 30.3 Å². The van der Waals surface area contributed by atoms with Gasteiger partial charge in [0.1, 0.15) is 17.0 Å². The highest BCUT2D eigenvalue weighted by Crippen LogP contribution is 2.27. The number of oxazole rings is 1. The van der Waals surface area contributed by atoms with Crippen molar-refractivity contribution in [1.82, 2.24) is 4.98 Å². The zero-order valence-electron chi connectivity index (χ0n) is 15.2. The number of hydrogen-bond acceptors (Lipinski definition) is 5. The lowest BCUT2D eigenvalue weighted by molar-refractivity contribution is -0.128. The molecule has 0 fully saturated rings. The number of aromatic nitrogens is 1. The number of hydrogen-bond donors (Lipinski definition) is 0. The summed E-state index contributed by atoms with van der Waals surface area (Å²) in [7, 11) is 1.60. The van der Waals surface area contributed by atoms with Gasteiger partial charge in [0.25, 0.3) is 0 Å². The Balaban J connectivity index is 1.49. The lowest BCUT2D eigenvalue weighted by Crippen LogP contribution is -2.03. The highest BCUT2D eigenvalue weighted by atomic mass is 16.5. The fraction of sp³-hybridized carbons (Fsp3) is 0.0435. The summed E-state index contributed by atoms with van der Waals surface area (Å²) in [6, 6.07) is 22.1. The Bertz CT molecular complexity index is 1150. The first-order valence-electron chi connectivity index (χ1n) is 8.71. The van der Waals surface area contributed by atoms with Crippen molar-refractivity contribution in [2.45, 2.75) is 0 Å². The smallest absolute Gasteiger partial charge is 0.336 e. The van der Waals surface area contributed by atoms with Gasteiger partial charge in [0.15, 0.2) is 5.58 Å². The predicted octanol–water partition coefficient (Wildman–Crippen LogP) is 5.12. The highest BCUT2D eigenvalue weighted by molar-refractivity contribution is 5.89. The van der Waals surface area contributed by atoms with Crippen molar-refractivity contribution in [3.05, 3.63) is 84.4 Å². The lowest BCUT2D eigenvalue weighted by atomic mass is 10.2. The normalized spacial score (nSPS) is 11.0. The van der Waals surface area contributed by atoms with Crippen LogP contribution in [0.25, 0.3) is 28.6 Å². The summed E-state index contributed by atoms with van der Waals surface area (Å²) in [4.78, 5) is 16.6. The summed E-state index contributed by atoms with van der Waals surface area (Å²) >= 11 is 0. The van der Waals surface area contributed by atoms with E-state index in [-0.39, 0.29) is 0 Å². The Kier molecular flexibility index (Phi) is 4.89. The molecule has 28 heavy (non-hydrogen) atoms.